The van der Waals surface area contributed by atoms with E-state index < -0.39 is 6.10 Å². The molecule has 116 valence electrons. The van der Waals surface area contributed by atoms with Crippen molar-refractivity contribution >= 4 is 5.78 Å². The number of methoxy groups -OCH3 is 3. The third-order valence-corrected chi connectivity index (χ3v) is 3.53. The van der Waals surface area contributed by atoms with Crippen LogP contribution < -0.4 is 14.2 Å². The Morgan fingerprint density at radius 3 is 2.27 bits per heavy atom. The van der Waals surface area contributed by atoms with Crippen molar-refractivity contribution in [3.63, 3.8) is 0 Å². The van der Waals surface area contributed by atoms with Gasteiger partial charge in [0.15, 0.2) is 23.4 Å². The number of benzene rings is 1. The molecule has 0 aliphatic carbocycles. The van der Waals surface area contributed by atoms with Crippen LogP contribution in [0.1, 0.15) is 22.2 Å². The SMILES string of the molecule is COc1cc(C2OC2C(=O)c2ccco2)cc(OC)c1OC. The summed E-state index contributed by atoms with van der Waals surface area (Å²) in [4.78, 5) is 12.2. The number of rotatable bonds is 6. The molecule has 6 nitrogen and oxygen atoms in total. The third-order valence-electron chi connectivity index (χ3n) is 3.53. The van der Waals surface area contributed by atoms with Gasteiger partial charge in [0.25, 0.3) is 0 Å². The predicted octanol–water partition coefficient (Wildman–Crippen LogP) is 2.63. The third kappa shape index (κ3) is 2.42. The maximum atomic E-state index is 12.2. The van der Waals surface area contributed by atoms with E-state index in [2.05, 4.69) is 0 Å². The Balaban J connectivity index is 1.86. The van der Waals surface area contributed by atoms with Crippen molar-refractivity contribution in [1.29, 1.82) is 0 Å². The summed E-state index contributed by atoms with van der Waals surface area (Å²) in [6.45, 7) is 0. The molecule has 2 heterocycles. The molecule has 22 heavy (non-hydrogen) atoms. The first-order valence-electron chi connectivity index (χ1n) is 6.72. The van der Waals surface area contributed by atoms with E-state index in [-0.39, 0.29) is 11.9 Å². The highest BCUT2D eigenvalue weighted by atomic mass is 16.6. The first-order valence-corrected chi connectivity index (χ1v) is 6.72. The summed E-state index contributed by atoms with van der Waals surface area (Å²) in [5.74, 6) is 1.67. The van der Waals surface area contributed by atoms with Crippen LogP contribution in [0, 0.1) is 0 Å². The average Bonchev–Trinajstić information content (AvgIpc) is 3.17. The Morgan fingerprint density at radius 1 is 1.09 bits per heavy atom. The van der Waals surface area contributed by atoms with Gasteiger partial charge in [0.1, 0.15) is 6.10 Å². The number of ketones is 1. The van der Waals surface area contributed by atoms with E-state index in [0.717, 1.165) is 5.56 Å². The zero-order valence-corrected chi connectivity index (χ0v) is 12.5. The first kappa shape index (κ1) is 14.5. The molecule has 2 aromatic rings. The van der Waals surface area contributed by atoms with E-state index in [1.807, 2.05) is 0 Å². The number of furan rings is 1. The minimum atomic E-state index is -0.547. The topological polar surface area (TPSA) is 70.4 Å². The van der Waals surface area contributed by atoms with Gasteiger partial charge in [-0.25, -0.2) is 0 Å². The van der Waals surface area contributed by atoms with Gasteiger partial charge in [-0.3, -0.25) is 4.79 Å². The van der Waals surface area contributed by atoms with Gasteiger partial charge in [0.2, 0.25) is 11.5 Å². The molecule has 1 fully saturated rings. The maximum absolute atomic E-state index is 12.2. The molecule has 1 aromatic carbocycles. The van der Waals surface area contributed by atoms with Crippen LogP contribution >= 0.6 is 0 Å². The fraction of sp³-hybridized carbons (Fsp3) is 0.312. The number of epoxide rings is 1. The summed E-state index contributed by atoms with van der Waals surface area (Å²) < 4.78 is 26.5. The highest BCUT2D eigenvalue weighted by molar-refractivity contribution is 5.99. The van der Waals surface area contributed by atoms with Crippen LogP contribution in [0.4, 0.5) is 0 Å². The van der Waals surface area contributed by atoms with Crippen molar-refractivity contribution in [2.24, 2.45) is 0 Å². The molecular formula is C16H16O6. The number of hydrogen-bond acceptors (Lipinski definition) is 6. The van der Waals surface area contributed by atoms with Crippen LogP contribution in [-0.4, -0.2) is 33.2 Å². The van der Waals surface area contributed by atoms with Crippen molar-refractivity contribution in [3.8, 4) is 17.2 Å². The summed E-state index contributed by atoms with van der Waals surface area (Å²) in [5.41, 5.74) is 0.791. The molecule has 1 aromatic heterocycles. The Labute approximate surface area is 127 Å². The molecule has 2 unspecified atom stereocenters. The Kier molecular flexibility index (Phi) is 3.77. The standard InChI is InChI=1S/C16H16O6/c1-18-11-7-9(8-12(19-2)15(11)20-3)14-16(22-14)13(17)10-5-4-6-21-10/h4-8,14,16H,1-3H3. The van der Waals surface area contributed by atoms with Gasteiger partial charge in [0.05, 0.1) is 27.6 Å². The molecule has 1 saturated heterocycles. The van der Waals surface area contributed by atoms with Crippen molar-refractivity contribution < 1.29 is 28.2 Å². The van der Waals surface area contributed by atoms with Crippen molar-refractivity contribution in [1.82, 2.24) is 0 Å². The van der Waals surface area contributed by atoms with E-state index in [1.54, 1.807) is 38.5 Å². The first-order chi connectivity index (χ1) is 10.7. The number of hydrogen-bond donors (Lipinski definition) is 0. The number of carbonyl (C=O) groups excluding carboxylic acids is 1. The lowest BCUT2D eigenvalue weighted by atomic mass is 10.1. The Bertz CT molecular complexity index is 651. The summed E-state index contributed by atoms with van der Waals surface area (Å²) in [5, 5.41) is 0. The molecule has 0 saturated carbocycles. The minimum Gasteiger partial charge on any atom is -0.493 e. The van der Waals surface area contributed by atoms with Crippen LogP contribution in [0.2, 0.25) is 0 Å². The highest BCUT2D eigenvalue weighted by Crippen LogP contribution is 2.46. The summed E-state index contributed by atoms with van der Waals surface area (Å²) in [6.07, 6.45) is 0.574. The molecule has 0 radical (unpaired) electrons. The lowest BCUT2D eigenvalue weighted by molar-refractivity contribution is 0.0926. The monoisotopic (exact) mass is 304 g/mol. The zero-order valence-electron chi connectivity index (χ0n) is 12.5. The number of carbonyl (C=O) groups is 1. The molecule has 2 atom stereocenters. The van der Waals surface area contributed by atoms with Crippen molar-refractivity contribution in [3.05, 3.63) is 41.9 Å². The second-order valence-corrected chi connectivity index (χ2v) is 4.78. The van der Waals surface area contributed by atoms with E-state index in [1.165, 1.54) is 13.4 Å². The van der Waals surface area contributed by atoms with Gasteiger partial charge in [-0.15, -0.1) is 0 Å². The minimum absolute atomic E-state index is 0.177. The van der Waals surface area contributed by atoms with Gasteiger partial charge in [-0.2, -0.15) is 0 Å². The molecule has 0 amide bonds. The lowest BCUT2D eigenvalue weighted by Gasteiger charge is -2.13. The van der Waals surface area contributed by atoms with Crippen LogP contribution in [0.3, 0.4) is 0 Å². The molecular weight excluding hydrogens is 288 g/mol. The smallest absolute Gasteiger partial charge is 0.229 e. The number of ether oxygens (including phenoxy) is 4. The van der Waals surface area contributed by atoms with E-state index in [0.29, 0.717) is 23.0 Å². The average molecular weight is 304 g/mol. The Hall–Kier alpha value is -2.47. The lowest BCUT2D eigenvalue weighted by Crippen LogP contribution is -2.07. The second-order valence-electron chi connectivity index (χ2n) is 4.78. The number of Topliss-reactive ketones (excluding diaryl/α,β-unsaturated/α-hetero) is 1. The molecule has 3 rings (SSSR count). The van der Waals surface area contributed by atoms with Crippen molar-refractivity contribution in [2.75, 3.05) is 21.3 Å². The van der Waals surface area contributed by atoms with Crippen LogP contribution in [0.15, 0.2) is 34.9 Å². The van der Waals surface area contributed by atoms with Crippen LogP contribution in [0.5, 0.6) is 17.2 Å². The van der Waals surface area contributed by atoms with E-state index in [9.17, 15) is 4.79 Å². The van der Waals surface area contributed by atoms with Gasteiger partial charge >= 0.3 is 0 Å². The van der Waals surface area contributed by atoms with Crippen molar-refractivity contribution in [2.45, 2.75) is 12.2 Å². The van der Waals surface area contributed by atoms with Gasteiger partial charge in [0, 0.05) is 0 Å². The summed E-state index contributed by atoms with van der Waals surface area (Å²) in [6, 6.07) is 6.85. The molecule has 1 aliphatic heterocycles. The maximum Gasteiger partial charge on any atom is 0.229 e. The largest absolute Gasteiger partial charge is 0.493 e. The van der Waals surface area contributed by atoms with E-state index >= 15 is 0 Å². The summed E-state index contributed by atoms with van der Waals surface area (Å²) in [7, 11) is 4.62. The second kappa shape index (κ2) is 5.73. The zero-order chi connectivity index (χ0) is 15.7. The van der Waals surface area contributed by atoms with Crippen LogP contribution in [-0.2, 0) is 4.74 Å². The molecule has 6 heteroatoms. The normalized spacial score (nSPS) is 19.6. The van der Waals surface area contributed by atoms with E-state index in [4.69, 9.17) is 23.4 Å². The van der Waals surface area contributed by atoms with Gasteiger partial charge in [-0.05, 0) is 29.8 Å². The highest BCUT2D eigenvalue weighted by Gasteiger charge is 2.47. The predicted molar refractivity (Wildman–Crippen MR) is 76.8 cm³/mol. The molecule has 1 aliphatic rings. The molecule has 0 N–H and O–H groups in total. The quantitative estimate of drug-likeness (QED) is 0.603. The Morgan fingerprint density at radius 2 is 1.77 bits per heavy atom. The van der Waals surface area contributed by atoms with Gasteiger partial charge in [-0.1, -0.05) is 0 Å². The fourth-order valence-electron chi connectivity index (χ4n) is 2.39. The summed E-state index contributed by atoms with van der Waals surface area (Å²) >= 11 is 0. The van der Waals surface area contributed by atoms with Gasteiger partial charge < -0.3 is 23.4 Å². The molecule has 0 bridgehead atoms. The molecule has 0 spiro atoms. The van der Waals surface area contributed by atoms with Crippen LogP contribution in [0.25, 0.3) is 0 Å². The fourth-order valence-corrected chi connectivity index (χ4v) is 2.39.